The van der Waals surface area contributed by atoms with Gasteiger partial charge in [-0.05, 0) is 32.0 Å². The lowest BCUT2D eigenvalue weighted by atomic mass is 10.2. The third-order valence-corrected chi connectivity index (χ3v) is 3.80. The summed E-state index contributed by atoms with van der Waals surface area (Å²) in [6, 6.07) is 5.43. The number of anilines is 1. The first-order valence-corrected chi connectivity index (χ1v) is 8.03. The summed E-state index contributed by atoms with van der Waals surface area (Å²) in [6.45, 7) is 4.32. The number of rotatable bonds is 7. The van der Waals surface area contributed by atoms with Gasteiger partial charge in [0.2, 0.25) is 0 Å². The summed E-state index contributed by atoms with van der Waals surface area (Å²) >= 11 is 1.26. The standard InChI is InChI=1S/C15H18N2O5S/c1-3-21-9-5-6-10-12(7-9)23-15(16-10)17-14(20)11(18)8-13(19)22-4-2/h5-7,11,18H,3-4,8H2,1-2H3,(H,16,17,20)/t11-/m1/s1. The molecule has 0 spiro atoms. The predicted molar refractivity (Wildman–Crippen MR) is 86.7 cm³/mol. The number of benzene rings is 1. The van der Waals surface area contributed by atoms with Crippen molar-refractivity contribution in [3.63, 3.8) is 0 Å². The molecule has 124 valence electrons. The van der Waals surface area contributed by atoms with E-state index in [0.29, 0.717) is 17.3 Å². The number of carbonyl (C=O) groups excluding carboxylic acids is 2. The molecule has 0 aliphatic heterocycles. The Kier molecular flexibility index (Phi) is 5.89. The summed E-state index contributed by atoms with van der Waals surface area (Å²) in [4.78, 5) is 27.4. The van der Waals surface area contributed by atoms with Crippen LogP contribution in [0.15, 0.2) is 18.2 Å². The molecule has 7 nitrogen and oxygen atoms in total. The number of aliphatic hydroxyl groups is 1. The highest BCUT2D eigenvalue weighted by atomic mass is 32.1. The highest BCUT2D eigenvalue weighted by Gasteiger charge is 2.21. The normalized spacial score (nSPS) is 12.0. The molecule has 1 amide bonds. The molecule has 0 unspecified atom stereocenters. The van der Waals surface area contributed by atoms with Crippen LogP contribution in [-0.4, -0.2) is 41.3 Å². The minimum absolute atomic E-state index is 0.202. The molecule has 0 radical (unpaired) electrons. The van der Waals surface area contributed by atoms with E-state index < -0.39 is 18.0 Å². The van der Waals surface area contributed by atoms with E-state index in [1.54, 1.807) is 19.1 Å². The van der Waals surface area contributed by atoms with Crippen LogP contribution in [-0.2, 0) is 14.3 Å². The molecular weight excluding hydrogens is 320 g/mol. The summed E-state index contributed by atoms with van der Waals surface area (Å²) < 4.78 is 11.0. The number of aromatic nitrogens is 1. The quantitative estimate of drug-likeness (QED) is 0.749. The molecule has 0 bridgehead atoms. The largest absolute Gasteiger partial charge is 0.494 e. The first-order valence-electron chi connectivity index (χ1n) is 7.21. The highest BCUT2D eigenvalue weighted by molar-refractivity contribution is 7.22. The molecule has 0 fully saturated rings. The van der Waals surface area contributed by atoms with Crippen molar-refractivity contribution in [3.8, 4) is 5.75 Å². The van der Waals surface area contributed by atoms with Gasteiger partial charge in [-0.2, -0.15) is 0 Å². The Hall–Kier alpha value is -2.19. The molecule has 1 aromatic heterocycles. The van der Waals surface area contributed by atoms with E-state index in [4.69, 9.17) is 9.47 Å². The topological polar surface area (TPSA) is 97.8 Å². The number of fused-ring (bicyclic) bond motifs is 1. The van der Waals surface area contributed by atoms with E-state index in [9.17, 15) is 14.7 Å². The van der Waals surface area contributed by atoms with Gasteiger partial charge in [-0.1, -0.05) is 11.3 Å². The lowest BCUT2D eigenvalue weighted by Gasteiger charge is -2.08. The van der Waals surface area contributed by atoms with Gasteiger partial charge in [0.1, 0.15) is 11.9 Å². The van der Waals surface area contributed by atoms with E-state index in [0.717, 1.165) is 10.4 Å². The minimum atomic E-state index is -1.47. The molecule has 0 saturated carbocycles. The van der Waals surface area contributed by atoms with Crippen LogP contribution in [0.1, 0.15) is 20.3 Å². The number of nitrogens with one attached hydrogen (secondary N) is 1. The van der Waals surface area contributed by atoms with Crippen LogP contribution in [0.5, 0.6) is 5.75 Å². The maximum Gasteiger partial charge on any atom is 0.308 e. The molecule has 0 saturated heterocycles. The zero-order valence-electron chi connectivity index (χ0n) is 12.9. The molecule has 2 aromatic rings. The van der Waals surface area contributed by atoms with Gasteiger partial charge >= 0.3 is 5.97 Å². The lowest BCUT2D eigenvalue weighted by molar-refractivity contribution is -0.147. The number of ether oxygens (including phenoxy) is 2. The van der Waals surface area contributed by atoms with Crippen LogP contribution in [0.3, 0.4) is 0 Å². The molecule has 1 aromatic carbocycles. The first-order chi connectivity index (χ1) is 11.0. The summed E-state index contributed by atoms with van der Waals surface area (Å²) in [6.07, 6.45) is -1.86. The Bertz CT molecular complexity index is 700. The van der Waals surface area contributed by atoms with Gasteiger partial charge in [-0.25, -0.2) is 4.98 Å². The number of nitrogens with zero attached hydrogens (tertiary/aromatic N) is 1. The van der Waals surface area contributed by atoms with Crippen molar-refractivity contribution in [3.05, 3.63) is 18.2 Å². The monoisotopic (exact) mass is 338 g/mol. The van der Waals surface area contributed by atoms with Gasteiger partial charge in [0.25, 0.3) is 5.91 Å². The van der Waals surface area contributed by atoms with Gasteiger partial charge in [-0.3, -0.25) is 14.9 Å². The fraction of sp³-hybridized carbons (Fsp3) is 0.400. The molecule has 2 N–H and O–H groups in total. The number of hydrogen-bond acceptors (Lipinski definition) is 7. The maximum atomic E-state index is 11.9. The van der Waals surface area contributed by atoms with Crippen molar-refractivity contribution in [2.24, 2.45) is 0 Å². The molecule has 0 aliphatic carbocycles. The minimum Gasteiger partial charge on any atom is -0.494 e. The zero-order valence-corrected chi connectivity index (χ0v) is 13.7. The molecule has 1 atom stereocenters. The summed E-state index contributed by atoms with van der Waals surface area (Å²) in [7, 11) is 0. The average Bonchev–Trinajstić information content (AvgIpc) is 2.89. The molecule has 8 heteroatoms. The second-order valence-electron chi connectivity index (χ2n) is 4.60. The average molecular weight is 338 g/mol. The Balaban J connectivity index is 2.03. The van der Waals surface area contributed by atoms with E-state index in [-0.39, 0.29) is 13.0 Å². The van der Waals surface area contributed by atoms with E-state index in [1.807, 2.05) is 13.0 Å². The third-order valence-electron chi connectivity index (χ3n) is 2.87. The first kappa shape index (κ1) is 17.2. The van der Waals surface area contributed by atoms with Crippen LogP contribution in [0.2, 0.25) is 0 Å². The van der Waals surface area contributed by atoms with Crippen LogP contribution in [0, 0.1) is 0 Å². The van der Waals surface area contributed by atoms with Gasteiger partial charge in [0, 0.05) is 0 Å². The summed E-state index contributed by atoms with van der Waals surface area (Å²) in [5.41, 5.74) is 0.716. The van der Waals surface area contributed by atoms with Gasteiger partial charge in [-0.15, -0.1) is 0 Å². The zero-order chi connectivity index (χ0) is 16.8. The SMILES string of the molecule is CCOC(=O)C[C@@H](O)C(=O)Nc1nc2ccc(OCC)cc2s1. The number of hydrogen-bond donors (Lipinski definition) is 2. The molecule has 0 aliphatic rings. The van der Waals surface area contributed by atoms with Crippen LogP contribution in [0.4, 0.5) is 5.13 Å². The maximum absolute atomic E-state index is 11.9. The van der Waals surface area contributed by atoms with Gasteiger partial charge < -0.3 is 14.6 Å². The Labute approximate surface area is 137 Å². The number of esters is 1. The molecule has 2 rings (SSSR count). The molecule has 23 heavy (non-hydrogen) atoms. The van der Waals surface area contributed by atoms with Crippen molar-refractivity contribution in [1.82, 2.24) is 4.98 Å². The van der Waals surface area contributed by atoms with Crippen LogP contribution >= 0.6 is 11.3 Å². The van der Waals surface area contributed by atoms with Crippen molar-refractivity contribution in [1.29, 1.82) is 0 Å². The lowest BCUT2D eigenvalue weighted by Crippen LogP contribution is -2.30. The Morgan fingerprint density at radius 1 is 1.35 bits per heavy atom. The molecule has 1 heterocycles. The summed E-state index contributed by atoms with van der Waals surface area (Å²) in [5.74, 6) is -0.591. The van der Waals surface area contributed by atoms with Crippen molar-refractivity contribution >= 4 is 38.6 Å². The number of thiazole rings is 1. The predicted octanol–water partition coefficient (Wildman–Crippen LogP) is 1.95. The highest BCUT2D eigenvalue weighted by Crippen LogP contribution is 2.29. The second kappa shape index (κ2) is 7.89. The van der Waals surface area contributed by atoms with Crippen molar-refractivity contribution < 1.29 is 24.2 Å². The fourth-order valence-corrected chi connectivity index (χ4v) is 2.77. The van der Waals surface area contributed by atoms with E-state index in [1.165, 1.54) is 11.3 Å². The number of amides is 1. The van der Waals surface area contributed by atoms with Crippen LogP contribution in [0.25, 0.3) is 10.2 Å². The number of aliphatic hydroxyl groups excluding tert-OH is 1. The fourth-order valence-electron chi connectivity index (χ4n) is 1.87. The van der Waals surface area contributed by atoms with Gasteiger partial charge in [0.15, 0.2) is 5.13 Å². The van der Waals surface area contributed by atoms with E-state index in [2.05, 4.69) is 10.3 Å². The van der Waals surface area contributed by atoms with Crippen LogP contribution < -0.4 is 10.1 Å². The Morgan fingerprint density at radius 2 is 2.13 bits per heavy atom. The van der Waals surface area contributed by atoms with Crippen molar-refractivity contribution in [2.75, 3.05) is 18.5 Å². The second-order valence-corrected chi connectivity index (χ2v) is 5.63. The third kappa shape index (κ3) is 4.64. The Morgan fingerprint density at radius 3 is 2.83 bits per heavy atom. The number of carbonyl (C=O) groups is 2. The van der Waals surface area contributed by atoms with Gasteiger partial charge in [0.05, 0.1) is 29.9 Å². The smallest absolute Gasteiger partial charge is 0.308 e. The van der Waals surface area contributed by atoms with E-state index >= 15 is 0 Å². The van der Waals surface area contributed by atoms with Crippen molar-refractivity contribution in [2.45, 2.75) is 26.4 Å². The summed E-state index contributed by atoms with van der Waals surface area (Å²) in [5, 5.41) is 12.6. The molecular formula is C15H18N2O5S.